The quantitative estimate of drug-likeness (QED) is 0.416. The van der Waals surface area contributed by atoms with Crippen molar-refractivity contribution in [1.82, 2.24) is 0 Å². The van der Waals surface area contributed by atoms with Gasteiger partial charge in [0.1, 0.15) is 6.10 Å². The number of carbonyl (C=O) groups excluding carboxylic acids is 1. The Morgan fingerprint density at radius 1 is 1.64 bits per heavy atom. The van der Waals surface area contributed by atoms with E-state index in [2.05, 4.69) is 18.2 Å². The summed E-state index contributed by atoms with van der Waals surface area (Å²) >= 11 is 0. The van der Waals surface area contributed by atoms with E-state index < -0.39 is 0 Å². The van der Waals surface area contributed by atoms with Crippen LogP contribution in [0, 0.1) is 0 Å². The Hall–Kier alpha value is -0.790. The normalized spacial score (nSPS) is 12.1. The van der Waals surface area contributed by atoms with Gasteiger partial charge in [0, 0.05) is 0 Å². The van der Waals surface area contributed by atoms with Gasteiger partial charge in [-0.1, -0.05) is 32.4 Å². The van der Waals surface area contributed by atoms with E-state index in [1.54, 1.807) is 6.08 Å². The molecule has 11 heavy (non-hydrogen) atoms. The molecule has 0 rings (SSSR count). The molecule has 0 saturated heterocycles. The fraction of sp³-hybridized carbons (Fsp3) is 0.667. The molecule has 2 heteroatoms. The maximum absolute atomic E-state index is 9.81. The van der Waals surface area contributed by atoms with E-state index in [0.717, 1.165) is 12.8 Å². The van der Waals surface area contributed by atoms with Crippen molar-refractivity contribution >= 4 is 6.47 Å². The van der Waals surface area contributed by atoms with Gasteiger partial charge in [-0.05, 0) is 12.8 Å². The monoisotopic (exact) mass is 155 g/mol. The van der Waals surface area contributed by atoms with Crippen LogP contribution in [0.1, 0.15) is 32.6 Å². The first-order valence-electron chi connectivity index (χ1n) is 4.00. The summed E-state index contributed by atoms with van der Waals surface area (Å²) in [5.41, 5.74) is 0. The summed E-state index contributed by atoms with van der Waals surface area (Å²) in [6.45, 7) is 7.11. The summed E-state index contributed by atoms with van der Waals surface area (Å²) < 4.78 is 4.61. The Kier molecular flexibility index (Phi) is 6.79. The van der Waals surface area contributed by atoms with Gasteiger partial charge in [0.15, 0.2) is 0 Å². The topological polar surface area (TPSA) is 26.3 Å². The molecule has 0 spiro atoms. The molecular weight excluding hydrogens is 140 g/mol. The number of ether oxygens (including phenoxy) is 1. The predicted molar refractivity (Wildman–Crippen MR) is 44.9 cm³/mol. The van der Waals surface area contributed by atoms with Crippen LogP contribution in [0.4, 0.5) is 0 Å². The van der Waals surface area contributed by atoms with Gasteiger partial charge in [-0.2, -0.15) is 0 Å². The fourth-order valence-corrected chi connectivity index (χ4v) is 0.882. The van der Waals surface area contributed by atoms with E-state index in [9.17, 15) is 4.79 Å². The van der Waals surface area contributed by atoms with Gasteiger partial charge < -0.3 is 4.74 Å². The van der Waals surface area contributed by atoms with Crippen LogP contribution in [0.5, 0.6) is 0 Å². The van der Waals surface area contributed by atoms with Crippen molar-refractivity contribution < 1.29 is 9.53 Å². The number of hydrogen-bond acceptors (Lipinski definition) is 2. The van der Waals surface area contributed by atoms with E-state index >= 15 is 0 Å². The molecule has 0 aliphatic rings. The zero-order valence-corrected chi connectivity index (χ0v) is 7.01. The van der Waals surface area contributed by atoms with Crippen LogP contribution in [-0.2, 0) is 9.53 Å². The largest absolute Gasteiger partial charge is 0.450 e. The molecule has 0 aromatic carbocycles. The molecule has 0 aromatic heterocycles. The van der Waals surface area contributed by atoms with E-state index in [4.69, 9.17) is 0 Å². The average molecular weight is 155 g/mol. The van der Waals surface area contributed by atoms with Gasteiger partial charge in [-0.15, -0.1) is 0 Å². The molecule has 0 fully saturated rings. The van der Waals surface area contributed by atoms with Crippen molar-refractivity contribution in [3.05, 3.63) is 12.7 Å². The predicted octanol–water partition coefficient (Wildman–Crippen LogP) is 2.21. The lowest BCUT2D eigenvalue weighted by atomic mass is 10.1. The van der Waals surface area contributed by atoms with Gasteiger partial charge in [-0.3, -0.25) is 0 Å². The Bertz CT molecular complexity index is 110. The highest BCUT2D eigenvalue weighted by molar-refractivity contribution is 5.39. The molecule has 0 aliphatic heterocycles. The number of rotatable bonds is 7. The molecule has 0 saturated carbocycles. The lowest BCUT2D eigenvalue weighted by molar-refractivity contribution is 0.206. The van der Waals surface area contributed by atoms with Gasteiger partial charge in [-0.25, -0.2) is 4.79 Å². The summed E-state index contributed by atoms with van der Waals surface area (Å²) in [6, 6.07) is 0. The summed E-state index contributed by atoms with van der Waals surface area (Å²) in [4.78, 5) is 9.81. The highest BCUT2D eigenvalue weighted by atomic mass is 16.5. The molecule has 0 N–H and O–H groups in total. The van der Waals surface area contributed by atoms with E-state index in [0.29, 0.717) is 0 Å². The second kappa shape index (κ2) is 7.32. The Labute approximate surface area is 68.2 Å². The molecule has 1 radical (unpaired) electrons. The molecule has 0 bridgehead atoms. The van der Waals surface area contributed by atoms with Crippen LogP contribution >= 0.6 is 0 Å². The molecule has 0 aromatic rings. The Morgan fingerprint density at radius 3 is 2.82 bits per heavy atom. The summed E-state index contributed by atoms with van der Waals surface area (Å²) in [5, 5.41) is 0. The first-order chi connectivity index (χ1) is 5.35. The van der Waals surface area contributed by atoms with Crippen LogP contribution < -0.4 is 0 Å². The van der Waals surface area contributed by atoms with Gasteiger partial charge in [0.2, 0.25) is 0 Å². The van der Waals surface area contributed by atoms with Gasteiger partial charge >= 0.3 is 6.47 Å². The minimum atomic E-state index is -0.140. The van der Waals surface area contributed by atoms with Crippen molar-refractivity contribution in [2.75, 3.05) is 0 Å². The average Bonchev–Trinajstić information content (AvgIpc) is 2.03. The second-order valence-corrected chi connectivity index (χ2v) is 2.47. The van der Waals surface area contributed by atoms with Crippen LogP contribution in [0.15, 0.2) is 12.7 Å². The lowest BCUT2D eigenvalue weighted by Crippen LogP contribution is -2.07. The third-order valence-corrected chi connectivity index (χ3v) is 1.55. The first-order valence-corrected chi connectivity index (χ1v) is 4.00. The Morgan fingerprint density at radius 2 is 2.36 bits per heavy atom. The second-order valence-electron chi connectivity index (χ2n) is 2.47. The van der Waals surface area contributed by atoms with Gasteiger partial charge in [0.25, 0.3) is 0 Å². The maximum Gasteiger partial charge on any atom is 0.418 e. The SMILES string of the molecule is C=CC(CCCCC)O[C]=O. The molecule has 0 heterocycles. The van der Waals surface area contributed by atoms with Crippen molar-refractivity contribution in [1.29, 1.82) is 0 Å². The molecule has 63 valence electrons. The first kappa shape index (κ1) is 10.2. The summed E-state index contributed by atoms with van der Waals surface area (Å²) in [7, 11) is 0. The molecule has 0 amide bonds. The minimum Gasteiger partial charge on any atom is -0.450 e. The zero-order chi connectivity index (χ0) is 8.53. The Balaban J connectivity index is 3.35. The van der Waals surface area contributed by atoms with E-state index in [-0.39, 0.29) is 6.10 Å². The molecular formula is C9H15O2. The van der Waals surface area contributed by atoms with Gasteiger partial charge in [0.05, 0.1) is 0 Å². The zero-order valence-electron chi connectivity index (χ0n) is 7.01. The third kappa shape index (κ3) is 5.64. The van der Waals surface area contributed by atoms with E-state index in [1.165, 1.54) is 19.3 Å². The van der Waals surface area contributed by atoms with Crippen molar-refractivity contribution in [3.8, 4) is 0 Å². The van der Waals surface area contributed by atoms with Crippen LogP contribution in [-0.4, -0.2) is 12.6 Å². The maximum atomic E-state index is 9.81. The third-order valence-electron chi connectivity index (χ3n) is 1.55. The number of hydrogen-bond donors (Lipinski definition) is 0. The molecule has 2 nitrogen and oxygen atoms in total. The number of unbranched alkanes of at least 4 members (excludes halogenated alkanes) is 2. The summed E-state index contributed by atoms with van der Waals surface area (Å²) in [6.07, 6.45) is 5.79. The van der Waals surface area contributed by atoms with Crippen molar-refractivity contribution in [2.45, 2.75) is 38.7 Å². The molecule has 1 atom stereocenters. The van der Waals surface area contributed by atoms with E-state index in [1.807, 2.05) is 0 Å². The minimum absolute atomic E-state index is 0.140. The van der Waals surface area contributed by atoms with Crippen LogP contribution in [0.25, 0.3) is 0 Å². The van der Waals surface area contributed by atoms with Crippen LogP contribution in [0.2, 0.25) is 0 Å². The lowest BCUT2D eigenvalue weighted by Gasteiger charge is -2.07. The van der Waals surface area contributed by atoms with Crippen molar-refractivity contribution in [3.63, 3.8) is 0 Å². The smallest absolute Gasteiger partial charge is 0.418 e. The molecule has 1 unspecified atom stereocenters. The fourth-order valence-electron chi connectivity index (χ4n) is 0.882. The summed E-state index contributed by atoms with van der Waals surface area (Å²) in [5.74, 6) is 0. The highest BCUT2D eigenvalue weighted by Crippen LogP contribution is 2.06. The van der Waals surface area contributed by atoms with Crippen LogP contribution in [0.3, 0.4) is 0 Å². The standard InChI is InChI=1S/C9H15O2/c1-3-5-6-7-9(4-2)11-8-10/h4,9H,2-3,5-7H2,1H3. The highest BCUT2D eigenvalue weighted by Gasteiger charge is 2.02. The van der Waals surface area contributed by atoms with Crippen molar-refractivity contribution in [2.24, 2.45) is 0 Å². The molecule has 0 aliphatic carbocycles.